The van der Waals surface area contributed by atoms with Crippen LogP contribution in [0, 0.1) is 10.1 Å². The first kappa shape index (κ1) is 15.2. The molecule has 0 aliphatic carbocycles. The number of nitrogens with two attached hydrogens (primary N) is 1. The molecule has 0 spiro atoms. The quantitative estimate of drug-likeness (QED) is 0.496. The predicted molar refractivity (Wildman–Crippen MR) is 75.0 cm³/mol. The van der Waals surface area contributed by atoms with Crippen molar-refractivity contribution < 1.29 is 19.2 Å². The SMILES string of the molecule is COC1CN(C(=O)c2ccc([N+](=O)[O-])c(N)c2)CC1OC. The Morgan fingerprint density at radius 2 is 1.90 bits per heavy atom. The van der Waals surface area contributed by atoms with E-state index in [2.05, 4.69) is 0 Å². The highest BCUT2D eigenvalue weighted by Crippen LogP contribution is 2.24. The minimum Gasteiger partial charge on any atom is -0.393 e. The molecule has 1 aromatic rings. The highest BCUT2D eigenvalue weighted by atomic mass is 16.6. The number of methoxy groups -OCH3 is 2. The van der Waals surface area contributed by atoms with Crippen molar-refractivity contribution in [1.82, 2.24) is 4.90 Å². The standard InChI is InChI=1S/C13H17N3O5/c1-20-11-6-15(7-12(11)21-2)13(17)8-3-4-10(16(18)19)9(14)5-8/h3-5,11-12H,6-7,14H2,1-2H3. The Morgan fingerprint density at radius 3 is 2.33 bits per heavy atom. The lowest BCUT2D eigenvalue weighted by molar-refractivity contribution is -0.383. The molecule has 1 aliphatic rings. The van der Waals surface area contributed by atoms with Crippen LogP contribution in [-0.2, 0) is 9.47 Å². The van der Waals surface area contributed by atoms with E-state index in [1.54, 1.807) is 19.1 Å². The third-order valence-electron chi connectivity index (χ3n) is 3.58. The van der Waals surface area contributed by atoms with Gasteiger partial charge >= 0.3 is 0 Å². The van der Waals surface area contributed by atoms with E-state index >= 15 is 0 Å². The van der Waals surface area contributed by atoms with E-state index in [4.69, 9.17) is 15.2 Å². The minimum absolute atomic E-state index is 0.0309. The van der Waals surface area contributed by atoms with Crippen LogP contribution in [0.1, 0.15) is 10.4 Å². The van der Waals surface area contributed by atoms with E-state index in [1.165, 1.54) is 18.2 Å². The molecule has 2 rings (SSSR count). The monoisotopic (exact) mass is 295 g/mol. The maximum atomic E-state index is 12.4. The zero-order chi connectivity index (χ0) is 15.6. The largest absolute Gasteiger partial charge is 0.393 e. The van der Waals surface area contributed by atoms with Crippen LogP contribution < -0.4 is 5.73 Å². The van der Waals surface area contributed by atoms with Crippen molar-refractivity contribution in [2.45, 2.75) is 12.2 Å². The van der Waals surface area contributed by atoms with Crippen LogP contribution in [0.4, 0.5) is 11.4 Å². The number of ether oxygens (including phenoxy) is 2. The summed E-state index contributed by atoms with van der Waals surface area (Å²) < 4.78 is 10.5. The molecule has 1 saturated heterocycles. The first-order valence-electron chi connectivity index (χ1n) is 6.36. The van der Waals surface area contributed by atoms with Gasteiger partial charge in [0.1, 0.15) is 17.9 Å². The number of nitro groups is 1. The number of nitrogen functional groups attached to an aromatic ring is 1. The molecule has 2 atom stereocenters. The highest BCUT2D eigenvalue weighted by Gasteiger charge is 2.36. The number of benzene rings is 1. The van der Waals surface area contributed by atoms with Gasteiger partial charge in [-0.2, -0.15) is 0 Å². The zero-order valence-corrected chi connectivity index (χ0v) is 11.8. The van der Waals surface area contributed by atoms with Gasteiger partial charge in [0.2, 0.25) is 0 Å². The van der Waals surface area contributed by atoms with E-state index in [-0.39, 0.29) is 29.5 Å². The average Bonchev–Trinajstić information content (AvgIpc) is 2.89. The number of rotatable bonds is 4. The molecule has 1 amide bonds. The summed E-state index contributed by atoms with van der Waals surface area (Å²) >= 11 is 0. The number of amides is 1. The summed E-state index contributed by atoms with van der Waals surface area (Å²) in [5.41, 5.74) is 5.67. The maximum absolute atomic E-state index is 12.4. The topological polar surface area (TPSA) is 108 Å². The molecule has 0 bridgehead atoms. The Morgan fingerprint density at radius 1 is 1.33 bits per heavy atom. The lowest BCUT2D eigenvalue weighted by Crippen LogP contribution is -2.30. The van der Waals surface area contributed by atoms with Gasteiger partial charge in [-0.15, -0.1) is 0 Å². The fraction of sp³-hybridized carbons (Fsp3) is 0.462. The normalized spacial score (nSPS) is 21.5. The fourth-order valence-electron chi connectivity index (χ4n) is 2.40. The lowest BCUT2D eigenvalue weighted by atomic mass is 10.1. The summed E-state index contributed by atoms with van der Waals surface area (Å²) in [5, 5.41) is 10.7. The lowest BCUT2D eigenvalue weighted by Gasteiger charge is -2.16. The first-order valence-corrected chi connectivity index (χ1v) is 6.36. The molecule has 2 unspecified atom stereocenters. The minimum atomic E-state index is -0.582. The molecule has 0 saturated carbocycles. The van der Waals surface area contributed by atoms with Gasteiger partial charge in [0, 0.05) is 38.9 Å². The van der Waals surface area contributed by atoms with Gasteiger partial charge in [-0.1, -0.05) is 0 Å². The zero-order valence-electron chi connectivity index (χ0n) is 11.8. The van der Waals surface area contributed by atoms with Crippen molar-refractivity contribution in [3.05, 3.63) is 33.9 Å². The molecule has 1 aliphatic heterocycles. The molecule has 8 heteroatoms. The Balaban J connectivity index is 2.18. The van der Waals surface area contributed by atoms with Crippen molar-refractivity contribution >= 4 is 17.3 Å². The Kier molecular flexibility index (Phi) is 4.39. The van der Waals surface area contributed by atoms with E-state index in [1.807, 2.05) is 0 Å². The molecule has 2 N–H and O–H groups in total. The molecule has 21 heavy (non-hydrogen) atoms. The Hall–Kier alpha value is -2.19. The molecule has 1 aromatic carbocycles. The second-order valence-electron chi connectivity index (χ2n) is 4.79. The third-order valence-corrected chi connectivity index (χ3v) is 3.58. The Labute approximate surface area is 121 Å². The van der Waals surface area contributed by atoms with Crippen molar-refractivity contribution in [2.24, 2.45) is 0 Å². The van der Waals surface area contributed by atoms with Gasteiger partial charge in [-0.25, -0.2) is 0 Å². The van der Waals surface area contributed by atoms with E-state index in [9.17, 15) is 14.9 Å². The highest BCUT2D eigenvalue weighted by molar-refractivity contribution is 5.96. The number of carbonyl (C=O) groups excluding carboxylic acids is 1. The number of hydrogen-bond donors (Lipinski definition) is 1. The number of nitro benzene ring substituents is 1. The van der Waals surface area contributed by atoms with E-state index in [0.717, 1.165) is 0 Å². The molecule has 8 nitrogen and oxygen atoms in total. The third kappa shape index (κ3) is 2.96. The smallest absolute Gasteiger partial charge is 0.292 e. The van der Waals surface area contributed by atoms with Crippen molar-refractivity contribution in [2.75, 3.05) is 33.0 Å². The maximum Gasteiger partial charge on any atom is 0.292 e. The summed E-state index contributed by atoms with van der Waals surface area (Å²) in [7, 11) is 3.13. The molecule has 114 valence electrons. The molecule has 0 aromatic heterocycles. The molecule has 1 heterocycles. The van der Waals surface area contributed by atoms with Crippen molar-refractivity contribution in [3.8, 4) is 0 Å². The second-order valence-corrected chi connectivity index (χ2v) is 4.79. The fourth-order valence-corrected chi connectivity index (χ4v) is 2.40. The van der Waals surface area contributed by atoms with Gasteiger partial charge in [0.05, 0.1) is 4.92 Å². The van der Waals surface area contributed by atoms with Crippen LogP contribution in [-0.4, -0.2) is 55.2 Å². The molecule has 1 fully saturated rings. The predicted octanol–water partition coefficient (Wildman–Crippen LogP) is 0.663. The summed E-state index contributed by atoms with van der Waals surface area (Å²) in [6.45, 7) is 0.815. The van der Waals surface area contributed by atoms with Crippen LogP contribution in [0.5, 0.6) is 0 Å². The van der Waals surface area contributed by atoms with Crippen LogP contribution in [0.3, 0.4) is 0 Å². The Bertz CT molecular complexity index is 551. The van der Waals surface area contributed by atoms with Crippen LogP contribution in [0.2, 0.25) is 0 Å². The van der Waals surface area contributed by atoms with Gasteiger partial charge in [0.25, 0.3) is 11.6 Å². The molecular weight excluding hydrogens is 278 g/mol. The summed E-state index contributed by atoms with van der Waals surface area (Å²) in [5.74, 6) is -0.252. The number of hydrogen-bond acceptors (Lipinski definition) is 6. The van der Waals surface area contributed by atoms with Crippen LogP contribution in [0.15, 0.2) is 18.2 Å². The van der Waals surface area contributed by atoms with Crippen LogP contribution >= 0.6 is 0 Å². The molecule has 0 radical (unpaired) electrons. The average molecular weight is 295 g/mol. The van der Waals surface area contributed by atoms with E-state index in [0.29, 0.717) is 18.7 Å². The van der Waals surface area contributed by atoms with E-state index < -0.39 is 4.92 Å². The first-order chi connectivity index (χ1) is 9.97. The summed E-state index contributed by atoms with van der Waals surface area (Å²) in [6, 6.07) is 3.96. The van der Waals surface area contributed by atoms with Crippen molar-refractivity contribution in [3.63, 3.8) is 0 Å². The molecular formula is C13H17N3O5. The second kappa shape index (κ2) is 6.06. The number of nitrogens with zero attached hydrogens (tertiary/aromatic N) is 2. The van der Waals surface area contributed by atoms with Crippen LogP contribution in [0.25, 0.3) is 0 Å². The van der Waals surface area contributed by atoms with Gasteiger partial charge in [0.15, 0.2) is 0 Å². The summed E-state index contributed by atoms with van der Waals surface area (Å²) in [4.78, 5) is 24.1. The summed E-state index contributed by atoms with van der Waals surface area (Å²) in [6.07, 6.45) is -0.372. The number of likely N-dealkylation sites (tertiary alicyclic amines) is 1. The van der Waals surface area contributed by atoms with Gasteiger partial charge in [-0.3, -0.25) is 14.9 Å². The van der Waals surface area contributed by atoms with Gasteiger partial charge < -0.3 is 20.1 Å². The van der Waals surface area contributed by atoms with Crippen molar-refractivity contribution in [1.29, 1.82) is 0 Å². The van der Waals surface area contributed by atoms with Gasteiger partial charge in [-0.05, 0) is 12.1 Å². The number of carbonyl (C=O) groups is 1. The number of anilines is 1.